The van der Waals surface area contributed by atoms with E-state index in [9.17, 15) is 9.90 Å². The van der Waals surface area contributed by atoms with Crippen molar-refractivity contribution in [1.82, 2.24) is 14.7 Å². The predicted molar refractivity (Wildman–Crippen MR) is 111 cm³/mol. The Balaban J connectivity index is 1.20. The quantitative estimate of drug-likeness (QED) is 0.828. The highest BCUT2D eigenvalue weighted by atomic mass is 16.5. The molecule has 156 valence electrons. The summed E-state index contributed by atoms with van der Waals surface area (Å²) in [5.41, 5.74) is 0. The van der Waals surface area contributed by atoms with E-state index in [4.69, 9.17) is 9.47 Å². The molecule has 0 saturated carbocycles. The summed E-state index contributed by atoms with van der Waals surface area (Å²) < 4.78 is 11.1. The number of hydrogen-bond donors (Lipinski definition) is 1. The van der Waals surface area contributed by atoms with Crippen LogP contribution in [0.25, 0.3) is 10.8 Å². The fourth-order valence-electron chi connectivity index (χ4n) is 3.88. The summed E-state index contributed by atoms with van der Waals surface area (Å²) in [4.78, 5) is 18.5. The minimum atomic E-state index is -0.567. The third-order valence-electron chi connectivity index (χ3n) is 5.56. The summed E-state index contributed by atoms with van der Waals surface area (Å²) in [5.74, 6) is 0.767. The molecular formula is C22H29N3O4. The summed E-state index contributed by atoms with van der Waals surface area (Å²) in [6.07, 6.45) is -0.567. The van der Waals surface area contributed by atoms with Gasteiger partial charge in [-0.15, -0.1) is 0 Å². The van der Waals surface area contributed by atoms with Gasteiger partial charge in [-0.3, -0.25) is 4.90 Å². The van der Waals surface area contributed by atoms with Crippen LogP contribution in [0, 0.1) is 0 Å². The molecule has 4 rings (SSSR count). The number of hydrogen-bond acceptors (Lipinski definition) is 5. The van der Waals surface area contributed by atoms with Gasteiger partial charge in [-0.05, 0) is 22.9 Å². The molecule has 2 heterocycles. The van der Waals surface area contributed by atoms with Gasteiger partial charge in [0.1, 0.15) is 18.5 Å². The van der Waals surface area contributed by atoms with Crippen molar-refractivity contribution >= 4 is 16.8 Å². The fourth-order valence-corrected chi connectivity index (χ4v) is 3.88. The van der Waals surface area contributed by atoms with Crippen LogP contribution in [0.3, 0.4) is 0 Å². The zero-order valence-electron chi connectivity index (χ0n) is 16.7. The molecule has 0 aliphatic carbocycles. The maximum absolute atomic E-state index is 12.5. The van der Waals surface area contributed by atoms with E-state index in [1.54, 1.807) is 0 Å². The number of ether oxygens (including phenoxy) is 2. The Morgan fingerprint density at radius 1 is 0.966 bits per heavy atom. The van der Waals surface area contributed by atoms with Crippen LogP contribution >= 0.6 is 0 Å². The maximum Gasteiger partial charge on any atom is 0.320 e. The van der Waals surface area contributed by atoms with Gasteiger partial charge in [0.25, 0.3) is 0 Å². The summed E-state index contributed by atoms with van der Waals surface area (Å²) in [7, 11) is 0. The highest BCUT2D eigenvalue weighted by molar-refractivity contribution is 5.83. The van der Waals surface area contributed by atoms with Crippen molar-refractivity contribution in [3.05, 3.63) is 42.5 Å². The lowest BCUT2D eigenvalue weighted by Crippen LogP contribution is -2.55. The largest absolute Gasteiger partial charge is 0.491 e. The van der Waals surface area contributed by atoms with Gasteiger partial charge in [-0.25, -0.2) is 4.79 Å². The molecule has 0 bridgehead atoms. The van der Waals surface area contributed by atoms with Crippen LogP contribution in [0.1, 0.15) is 0 Å². The first-order valence-electron chi connectivity index (χ1n) is 10.3. The van der Waals surface area contributed by atoms with E-state index < -0.39 is 6.10 Å². The number of fused-ring (bicyclic) bond motifs is 1. The van der Waals surface area contributed by atoms with E-state index in [0.717, 1.165) is 24.2 Å². The highest BCUT2D eigenvalue weighted by Crippen LogP contribution is 2.20. The van der Waals surface area contributed by atoms with Crippen LogP contribution in [-0.4, -0.2) is 97.6 Å². The van der Waals surface area contributed by atoms with Gasteiger partial charge in [0.2, 0.25) is 0 Å². The smallest absolute Gasteiger partial charge is 0.320 e. The summed E-state index contributed by atoms with van der Waals surface area (Å²) in [6.45, 7) is 6.30. The van der Waals surface area contributed by atoms with Gasteiger partial charge < -0.3 is 24.4 Å². The molecule has 1 atom stereocenters. The van der Waals surface area contributed by atoms with Crippen molar-refractivity contribution < 1.29 is 19.4 Å². The maximum atomic E-state index is 12.5. The lowest BCUT2D eigenvalue weighted by atomic mass is 10.1. The van der Waals surface area contributed by atoms with Gasteiger partial charge in [-0.1, -0.05) is 30.3 Å². The third kappa shape index (κ3) is 5.18. The second-order valence-electron chi connectivity index (χ2n) is 7.64. The van der Waals surface area contributed by atoms with Crippen molar-refractivity contribution in [2.45, 2.75) is 6.10 Å². The number of amides is 2. The molecule has 2 aliphatic rings. The predicted octanol–water partition coefficient (Wildman–Crippen LogP) is 1.65. The first-order valence-corrected chi connectivity index (χ1v) is 10.3. The Morgan fingerprint density at radius 3 is 2.41 bits per heavy atom. The van der Waals surface area contributed by atoms with Crippen molar-refractivity contribution in [2.24, 2.45) is 0 Å². The van der Waals surface area contributed by atoms with E-state index in [0.29, 0.717) is 45.9 Å². The van der Waals surface area contributed by atoms with Gasteiger partial charge in [0, 0.05) is 45.8 Å². The van der Waals surface area contributed by atoms with Crippen molar-refractivity contribution in [3.8, 4) is 5.75 Å². The zero-order valence-corrected chi connectivity index (χ0v) is 16.7. The molecule has 2 aromatic carbocycles. The Kier molecular flexibility index (Phi) is 6.49. The topological polar surface area (TPSA) is 65.5 Å². The minimum absolute atomic E-state index is 0.105. The molecule has 2 saturated heterocycles. The fraction of sp³-hybridized carbons (Fsp3) is 0.500. The molecule has 2 fully saturated rings. The summed E-state index contributed by atoms with van der Waals surface area (Å²) in [6, 6.07) is 14.2. The first-order chi connectivity index (χ1) is 14.2. The number of benzene rings is 2. The van der Waals surface area contributed by atoms with Gasteiger partial charge in [-0.2, -0.15) is 0 Å². The highest BCUT2D eigenvalue weighted by Gasteiger charge is 2.27. The molecule has 7 heteroatoms. The van der Waals surface area contributed by atoms with Crippen LogP contribution < -0.4 is 4.74 Å². The van der Waals surface area contributed by atoms with Gasteiger partial charge >= 0.3 is 6.03 Å². The van der Waals surface area contributed by atoms with Crippen molar-refractivity contribution in [2.75, 3.05) is 65.6 Å². The normalized spacial score (nSPS) is 19.3. The average molecular weight is 399 g/mol. The summed E-state index contributed by atoms with van der Waals surface area (Å²) >= 11 is 0. The summed E-state index contributed by atoms with van der Waals surface area (Å²) in [5, 5.41) is 12.7. The third-order valence-corrected chi connectivity index (χ3v) is 5.56. The molecule has 2 aliphatic heterocycles. The number of β-amino-alcohol motifs (C(OH)–C–C–N with tert-alkyl or cyclic N) is 1. The molecule has 1 N–H and O–H groups in total. The van der Waals surface area contributed by atoms with Crippen LogP contribution in [0.5, 0.6) is 5.75 Å². The Bertz CT molecular complexity index is 817. The SMILES string of the molecule is O=C(N1CCOCC1)N1CCN(C[C@H](O)COc2ccc3ccccc3c2)CC1. The second kappa shape index (κ2) is 9.43. The molecule has 7 nitrogen and oxygen atoms in total. The Hall–Kier alpha value is -2.35. The van der Waals surface area contributed by atoms with Gasteiger partial charge in [0.05, 0.1) is 13.2 Å². The number of aliphatic hydroxyl groups excluding tert-OH is 1. The molecule has 29 heavy (non-hydrogen) atoms. The zero-order chi connectivity index (χ0) is 20.1. The van der Waals surface area contributed by atoms with Crippen molar-refractivity contribution in [1.29, 1.82) is 0 Å². The number of urea groups is 1. The second-order valence-corrected chi connectivity index (χ2v) is 7.64. The molecule has 0 aromatic heterocycles. The number of nitrogens with zero attached hydrogens (tertiary/aromatic N) is 3. The molecular weight excluding hydrogens is 370 g/mol. The number of morpholine rings is 1. The Morgan fingerprint density at radius 2 is 1.66 bits per heavy atom. The molecule has 0 radical (unpaired) electrons. The number of piperazine rings is 1. The van der Waals surface area contributed by atoms with E-state index in [1.165, 1.54) is 5.39 Å². The van der Waals surface area contributed by atoms with E-state index in [-0.39, 0.29) is 12.6 Å². The number of rotatable bonds is 5. The molecule has 0 unspecified atom stereocenters. The lowest BCUT2D eigenvalue weighted by molar-refractivity contribution is 0.0289. The first kappa shape index (κ1) is 19.9. The van der Waals surface area contributed by atoms with E-state index in [2.05, 4.69) is 17.0 Å². The minimum Gasteiger partial charge on any atom is -0.491 e. The number of carbonyl (C=O) groups is 1. The molecule has 0 spiro atoms. The van der Waals surface area contributed by atoms with Crippen LogP contribution in [0.15, 0.2) is 42.5 Å². The van der Waals surface area contributed by atoms with Crippen LogP contribution in [0.2, 0.25) is 0 Å². The van der Waals surface area contributed by atoms with Crippen LogP contribution in [-0.2, 0) is 4.74 Å². The van der Waals surface area contributed by atoms with Gasteiger partial charge in [0.15, 0.2) is 0 Å². The average Bonchev–Trinajstić information content (AvgIpc) is 2.78. The van der Waals surface area contributed by atoms with E-state index >= 15 is 0 Å². The monoisotopic (exact) mass is 399 g/mol. The number of aliphatic hydroxyl groups is 1. The van der Waals surface area contributed by atoms with E-state index in [1.807, 2.05) is 40.1 Å². The van der Waals surface area contributed by atoms with Crippen LogP contribution in [0.4, 0.5) is 4.79 Å². The lowest BCUT2D eigenvalue weighted by Gasteiger charge is -2.39. The Labute approximate surface area is 171 Å². The molecule has 2 aromatic rings. The standard InChI is InChI=1S/C22H29N3O4/c26-20(17-29-21-6-5-18-3-1-2-4-19(18)15-21)16-23-7-9-24(10-8-23)22(27)25-11-13-28-14-12-25/h1-6,15,20,26H,7-14,16-17H2/t20-/m0/s1. The molecule has 2 amide bonds. The van der Waals surface area contributed by atoms with Crippen molar-refractivity contribution in [3.63, 3.8) is 0 Å². The number of carbonyl (C=O) groups excluding carboxylic acids is 1.